The highest BCUT2D eigenvalue weighted by atomic mass is 79.9. The van der Waals surface area contributed by atoms with Crippen molar-refractivity contribution < 1.29 is 24.6 Å². The molecule has 0 saturated carbocycles. The monoisotopic (exact) mass is 578 g/mol. The predicted molar refractivity (Wildman–Crippen MR) is 127 cm³/mol. The Hall–Kier alpha value is -1.43. The summed E-state index contributed by atoms with van der Waals surface area (Å²) in [5.41, 5.74) is 0.470. The van der Waals surface area contributed by atoms with Gasteiger partial charge in [-0.15, -0.1) is 0 Å². The maximum Gasteiger partial charge on any atom is 0.303 e. The topological polar surface area (TPSA) is 107 Å². The fourth-order valence-corrected chi connectivity index (χ4v) is 5.20. The molecule has 0 bridgehead atoms. The van der Waals surface area contributed by atoms with E-state index in [0.29, 0.717) is 38.6 Å². The van der Waals surface area contributed by atoms with Gasteiger partial charge in [0.1, 0.15) is 10.1 Å². The molecule has 1 aromatic carbocycles. The van der Waals surface area contributed by atoms with E-state index in [-0.39, 0.29) is 37.0 Å². The molecule has 3 N–H and O–H groups in total. The molecule has 2 rings (SSSR count). The van der Waals surface area contributed by atoms with E-state index >= 15 is 0 Å². The molecule has 0 aromatic heterocycles. The van der Waals surface area contributed by atoms with Crippen LogP contribution in [-0.4, -0.2) is 50.3 Å². The van der Waals surface area contributed by atoms with Gasteiger partial charge in [-0.25, -0.2) is 0 Å². The number of phenols is 1. The second-order valence-corrected chi connectivity index (χ2v) is 9.91. The smallest absolute Gasteiger partial charge is 0.303 e. The lowest BCUT2D eigenvalue weighted by Gasteiger charge is -2.14. The molecule has 1 aromatic rings. The summed E-state index contributed by atoms with van der Waals surface area (Å²) in [6.07, 6.45) is 3.83. The highest BCUT2D eigenvalue weighted by molar-refractivity contribution is 9.11. The van der Waals surface area contributed by atoms with Gasteiger partial charge in [-0.3, -0.25) is 19.3 Å². The number of carboxylic acids is 1. The minimum atomic E-state index is -0.820. The average molecular weight is 580 g/mol. The number of unbranched alkanes of at least 4 members (excludes halogenated alkanes) is 2. The van der Waals surface area contributed by atoms with E-state index in [9.17, 15) is 19.5 Å². The number of hydrogen-bond donors (Lipinski definition) is 3. The van der Waals surface area contributed by atoms with Crippen LogP contribution in [0, 0.1) is 0 Å². The van der Waals surface area contributed by atoms with Gasteiger partial charge in [0, 0.05) is 36.0 Å². The van der Waals surface area contributed by atoms with Gasteiger partial charge in [-0.1, -0.05) is 46.3 Å². The zero-order valence-corrected chi connectivity index (χ0v) is 20.6. The Bertz CT molecular complexity index is 892. The number of carbonyl (C=O) groups is 3. The summed E-state index contributed by atoms with van der Waals surface area (Å²) in [6, 6.07) is 3.39. The van der Waals surface area contributed by atoms with Crippen LogP contribution in [0.2, 0.25) is 0 Å². The third kappa shape index (κ3) is 7.36. The summed E-state index contributed by atoms with van der Waals surface area (Å²) in [5.74, 6) is -1.30. The van der Waals surface area contributed by atoms with Crippen LogP contribution < -0.4 is 5.32 Å². The van der Waals surface area contributed by atoms with Gasteiger partial charge >= 0.3 is 5.97 Å². The first kappa shape index (κ1) is 24.8. The minimum Gasteiger partial charge on any atom is -0.506 e. The van der Waals surface area contributed by atoms with E-state index in [0.717, 1.165) is 22.7 Å². The van der Waals surface area contributed by atoms with Crippen LogP contribution in [0.4, 0.5) is 0 Å². The quantitative estimate of drug-likeness (QED) is 0.216. The minimum absolute atomic E-state index is 0.0196. The molecule has 0 unspecified atom stereocenters. The van der Waals surface area contributed by atoms with Gasteiger partial charge in [0.05, 0.1) is 9.38 Å². The number of amides is 2. The van der Waals surface area contributed by atoms with E-state index in [4.69, 9.17) is 17.3 Å². The van der Waals surface area contributed by atoms with Crippen LogP contribution >= 0.6 is 55.8 Å². The second-order valence-electron chi connectivity index (χ2n) is 6.46. The van der Waals surface area contributed by atoms with Crippen LogP contribution in [0.3, 0.4) is 0 Å². The summed E-state index contributed by atoms with van der Waals surface area (Å²) >= 11 is 13.0. The Balaban J connectivity index is 1.85. The average Bonchev–Trinajstić information content (AvgIpc) is 2.93. The van der Waals surface area contributed by atoms with Crippen LogP contribution in [0.1, 0.15) is 37.7 Å². The first-order chi connectivity index (χ1) is 14.2. The molecule has 0 spiro atoms. The first-order valence-electron chi connectivity index (χ1n) is 9.11. The summed E-state index contributed by atoms with van der Waals surface area (Å²) < 4.78 is 1.60. The Morgan fingerprint density at radius 3 is 2.63 bits per heavy atom. The number of nitrogens with one attached hydrogen (secondary N) is 1. The number of aliphatic carboxylic acids is 1. The molecule has 2 amide bonds. The fraction of sp³-hybridized carbons (Fsp3) is 0.368. The normalized spacial score (nSPS) is 15.1. The van der Waals surface area contributed by atoms with Crippen molar-refractivity contribution in [3.05, 3.63) is 31.5 Å². The molecular weight excluding hydrogens is 560 g/mol. The van der Waals surface area contributed by atoms with Crippen molar-refractivity contribution >= 4 is 84.0 Å². The summed E-state index contributed by atoms with van der Waals surface area (Å²) in [7, 11) is 0. The van der Waals surface area contributed by atoms with Gasteiger partial charge in [-0.2, -0.15) is 0 Å². The zero-order valence-electron chi connectivity index (χ0n) is 15.8. The molecule has 0 atom stereocenters. The Morgan fingerprint density at radius 2 is 1.93 bits per heavy atom. The highest BCUT2D eigenvalue weighted by Gasteiger charge is 2.32. The number of hydrogen-bond acceptors (Lipinski definition) is 6. The van der Waals surface area contributed by atoms with Gasteiger partial charge in [0.2, 0.25) is 5.91 Å². The summed E-state index contributed by atoms with van der Waals surface area (Å²) in [4.78, 5) is 36.9. The number of aromatic hydroxyl groups is 1. The van der Waals surface area contributed by atoms with Gasteiger partial charge < -0.3 is 15.5 Å². The van der Waals surface area contributed by atoms with E-state index in [1.807, 2.05) is 0 Å². The van der Waals surface area contributed by atoms with Crippen molar-refractivity contribution in [2.75, 3.05) is 13.1 Å². The van der Waals surface area contributed by atoms with Crippen molar-refractivity contribution in [2.45, 2.75) is 32.1 Å². The fourth-order valence-electron chi connectivity index (χ4n) is 2.64. The van der Waals surface area contributed by atoms with Crippen molar-refractivity contribution in [3.8, 4) is 5.75 Å². The predicted octanol–water partition coefficient (Wildman–Crippen LogP) is 4.27. The number of rotatable bonds is 10. The van der Waals surface area contributed by atoms with Crippen molar-refractivity contribution in [1.29, 1.82) is 0 Å². The molecule has 30 heavy (non-hydrogen) atoms. The number of carboxylic acid groups (broad SMARTS) is 1. The lowest BCUT2D eigenvalue weighted by molar-refractivity contribution is -0.137. The van der Waals surface area contributed by atoms with Gasteiger partial charge in [0.15, 0.2) is 0 Å². The summed E-state index contributed by atoms with van der Waals surface area (Å²) in [5, 5.41) is 21.5. The van der Waals surface area contributed by atoms with E-state index in [2.05, 4.69) is 37.2 Å². The molecule has 1 saturated heterocycles. The van der Waals surface area contributed by atoms with Gasteiger partial charge in [-0.05, 0) is 47.0 Å². The van der Waals surface area contributed by atoms with Crippen LogP contribution in [0.25, 0.3) is 6.08 Å². The largest absolute Gasteiger partial charge is 0.506 e. The standard InChI is InChI=1S/C19H20Br2N2O5S2/c20-12-8-11(17(27)13(21)10-12)9-14-18(28)23(19(29)30-14)7-5-15(24)22-6-3-1-2-4-16(25)26/h8-10,27H,1-7H2,(H,22,24)(H,25,26)/b14-9-. The van der Waals surface area contributed by atoms with E-state index < -0.39 is 5.97 Å². The number of phenolic OH excluding ortho intramolecular Hbond substituents is 1. The first-order valence-corrected chi connectivity index (χ1v) is 11.9. The molecule has 1 aliphatic rings. The van der Waals surface area contributed by atoms with E-state index in [1.54, 1.807) is 18.2 Å². The number of nitrogens with zero attached hydrogens (tertiary/aromatic N) is 1. The SMILES string of the molecule is O=C(O)CCCCCNC(=O)CCN1C(=O)/C(=C/c2cc(Br)cc(Br)c2O)SC1=S. The number of carbonyl (C=O) groups excluding carboxylic acids is 2. The van der Waals surface area contributed by atoms with E-state index in [1.165, 1.54) is 4.90 Å². The Kier molecular flexibility index (Phi) is 9.79. The highest BCUT2D eigenvalue weighted by Crippen LogP contribution is 2.37. The van der Waals surface area contributed by atoms with Crippen LogP contribution in [0.5, 0.6) is 5.75 Å². The Morgan fingerprint density at radius 1 is 1.20 bits per heavy atom. The van der Waals surface area contributed by atoms with Crippen molar-refractivity contribution in [2.24, 2.45) is 0 Å². The van der Waals surface area contributed by atoms with Crippen LogP contribution in [-0.2, 0) is 14.4 Å². The molecule has 7 nitrogen and oxygen atoms in total. The maximum absolute atomic E-state index is 12.7. The molecule has 1 fully saturated rings. The number of thiocarbonyl (C=S) groups is 1. The maximum atomic E-state index is 12.7. The number of thioether (sulfide) groups is 1. The van der Waals surface area contributed by atoms with Crippen molar-refractivity contribution in [3.63, 3.8) is 0 Å². The number of halogens is 2. The molecule has 162 valence electrons. The van der Waals surface area contributed by atoms with Gasteiger partial charge in [0.25, 0.3) is 5.91 Å². The third-order valence-corrected chi connectivity index (χ3v) is 6.61. The molecule has 11 heteroatoms. The molecule has 0 aliphatic carbocycles. The Labute approximate surface area is 200 Å². The lowest BCUT2D eigenvalue weighted by atomic mass is 10.2. The zero-order chi connectivity index (χ0) is 22.3. The number of benzene rings is 1. The van der Waals surface area contributed by atoms with Crippen LogP contribution in [0.15, 0.2) is 26.0 Å². The lowest BCUT2D eigenvalue weighted by Crippen LogP contribution is -2.33. The molecule has 1 heterocycles. The molecular formula is C19H20Br2N2O5S2. The third-order valence-electron chi connectivity index (χ3n) is 4.17. The summed E-state index contributed by atoms with van der Waals surface area (Å²) in [6.45, 7) is 0.634. The second kappa shape index (κ2) is 11.8. The molecule has 1 aliphatic heterocycles. The van der Waals surface area contributed by atoms with Crippen molar-refractivity contribution in [1.82, 2.24) is 10.2 Å². The molecule has 0 radical (unpaired) electrons.